The average molecular weight is 1300 g/mol. The van der Waals surface area contributed by atoms with E-state index < -0.39 is 0 Å². The third kappa shape index (κ3) is 10.0. The van der Waals surface area contributed by atoms with Crippen molar-refractivity contribution in [3.63, 3.8) is 0 Å². The Morgan fingerprint density at radius 3 is 1.14 bits per heavy atom. The van der Waals surface area contributed by atoms with E-state index in [-0.39, 0.29) is 25.9 Å². The first-order chi connectivity index (χ1) is 34.8. The van der Waals surface area contributed by atoms with Gasteiger partial charge in [-0.05, 0) is 111 Å². The Bertz CT molecular complexity index is 3640. The molecule has 72 heavy (non-hydrogen) atoms. The SMILES string of the molecule is Cc1cc(-c2[c-]cc(-c3ccccc3-c3cc(-c4ccccc4-c4c[c-]c(-c5ccccn5)cc4Br)cc(-c4ccccc4-c4c[c-]c(-c5ccccn5)cc4Br)c3)c(Br)c2)ncc1-c1cccc(F)c1.[Ir+3]. The van der Waals surface area contributed by atoms with Crippen molar-refractivity contribution < 1.29 is 24.5 Å². The average Bonchev–Trinajstić information content (AvgIpc) is 3.41. The molecule has 8 aromatic carbocycles. The number of rotatable bonds is 10. The van der Waals surface area contributed by atoms with Crippen LogP contribution in [0.1, 0.15) is 5.56 Å². The number of pyridine rings is 3. The van der Waals surface area contributed by atoms with Crippen LogP contribution in [0.5, 0.6) is 0 Å². The minimum absolute atomic E-state index is 0. The fourth-order valence-corrected chi connectivity index (χ4v) is 10.8. The molecule has 346 valence electrons. The normalized spacial score (nSPS) is 11.0. The Hall–Kier alpha value is -6.77. The molecule has 0 aliphatic carbocycles. The van der Waals surface area contributed by atoms with Crippen LogP contribution in [0.25, 0.3) is 112 Å². The molecule has 8 heteroatoms. The zero-order chi connectivity index (χ0) is 48.4. The number of hydrogen-bond acceptors (Lipinski definition) is 3. The van der Waals surface area contributed by atoms with Gasteiger partial charge in [0.25, 0.3) is 0 Å². The monoisotopic (exact) mass is 1300 g/mol. The zero-order valence-electron chi connectivity index (χ0n) is 38.4. The number of benzene rings is 8. The van der Waals surface area contributed by atoms with Gasteiger partial charge < -0.3 is 15.0 Å². The Morgan fingerprint density at radius 1 is 0.361 bits per heavy atom. The summed E-state index contributed by atoms with van der Waals surface area (Å²) in [6.07, 6.45) is 5.42. The number of halogens is 4. The smallest absolute Gasteiger partial charge is 0.305 e. The molecule has 0 fully saturated rings. The fraction of sp³-hybridized carbons (Fsp3) is 0.0156. The second-order valence-electron chi connectivity index (χ2n) is 17.1. The molecule has 0 aliphatic rings. The van der Waals surface area contributed by atoms with Crippen LogP contribution >= 0.6 is 47.8 Å². The van der Waals surface area contributed by atoms with Gasteiger partial charge in [-0.2, -0.15) is 0 Å². The first-order valence-corrected chi connectivity index (χ1v) is 25.3. The van der Waals surface area contributed by atoms with Crippen molar-refractivity contribution in [1.29, 1.82) is 0 Å². The van der Waals surface area contributed by atoms with Crippen LogP contribution in [0.3, 0.4) is 0 Å². The molecule has 0 amide bonds. The summed E-state index contributed by atoms with van der Waals surface area (Å²) in [4.78, 5) is 14.0. The molecule has 11 rings (SSSR count). The first kappa shape index (κ1) is 48.8. The van der Waals surface area contributed by atoms with Gasteiger partial charge in [0, 0.05) is 24.2 Å². The van der Waals surface area contributed by atoms with Gasteiger partial charge in [0.1, 0.15) is 5.82 Å². The molecule has 0 N–H and O–H groups in total. The molecule has 3 aromatic heterocycles. The van der Waals surface area contributed by atoms with Crippen LogP contribution in [0.4, 0.5) is 4.39 Å². The topological polar surface area (TPSA) is 38.7 Å². The molecule has 3 nitrogen and oxygen atoms in total. The minimum atomic E-state index is -0.276. The van der Waals surface area contributed by atoms with Crippen molar-refractivity contribution >= 4 is 47.8 Å². The van der Waals surface area contributed by atoms with Crippen molar-refractivity contribution in [3.8, 4) is 112 Å². The summed E-state index contributed by atoms with van der Waals surface area (Å²) >= 11 is 11.9. The van der Waals surface area contributed by atoms with E-state index in [1.165, 1.54) is 12.1 Å². The number of aromatic nitrogens is 3. The third-order valence-corrected chi connectivity index (χ3v) is 14.6. The van der Waals surface area contributed by atoms with Crippen LogP contribution in [0.15, 0.2) is 226 Å². The summed E-state index contributed by atoms with van der Waals surface area (Å²) in [5, 5.41) is 0. The Balaban J connectivity index is 0.00000596. The van der Waals surface area contributed by atoms with Crippen LogP contribution in [0.2, 0.25) is 0 Å². The molecule has 0 unspecified atom stereocenters. The fourth-order valence-electron chi connectivity index (χ4n) is 9.17. The molecule has 0 saturated heterocycles. The third-order valence-electron chi connectivity index (χ3n) is 12.6. The summed E-state index contributed by atoms with van der Waals surface area (Å²) in [7, 11) is 0. The van der Waals surface area contributed by atoms with E-state index in [2.05, 4.69) is 197 Å². The summed E-state index contributed by atoms with van der Waals surface area (Å²) in [5.41, 5.74) is 20.4. The van der Waals surface area contributed by atoms with Crippen molar-refractivity contribution in [3.05, 3.63) is 256 Å². The van der Waals surface area contributed by atoms with Gasteiger partial charge in [-0.1, -0.05) is 210 Å². The summed E-state index contributed by atoms with van der Waals surface area (Å²) < 4.78 is 16.9. The van der Waals surface area contributed by atoms with E-state index >= 15 is 0 Å². The Labute approximate surface area is 457 Å². The van der Waals surface area contributed by atoms with Gasteiger partial charge in [-0.3, -0.25) is 0 Å². The van der Waals surface area contributed by atoms with Crippen LogP contribution in [-0.4, -0.2) is 15.0 Å². The number of hydrogen-bond donors (Lipinski definition) is 0. The Morgan fingerprint density at radius 2 is 0.764 bits per heavy atom. The van der Waals surface area contributed by atoms with Gasteiger partial charge in [0.2, 0.25) is 0 Å². The summed E-state index contributed by atoms with van der Waals surface area (Å²) in [6, 6.07) is 76.0. The van der Waals surface area contributed by atoms with Crippen molar-refractivity contribution in [1.82, 2.24) is 15.0 Å². The van der Waals surface area contributed by atoms with Gasteiger partial charge in [0.05, 0.1) is 0 Å². The second kappa shape index (κ2) is 21.5. The molecular formula is C64H38Br3FIrN3. The molecule has 11 aromatic rings. The Kier molecular flexibility index (Phi) is 14.6. The van der Waals surface area contributed by atoms with Crippen LogP contribution < -0.4 is 0 Å². The minimum Gasteiger partial charge on any atom is -0.305 e. The van der Waals surface area contributed by atoms with E-state index in [4.69, 9.17) is 4.98 Å². The van der Waals surface area contributed by atoms with Crippen molar-refractivity contribution in [2.45, 2.75) is 6.92 Å². The van der Waals surface area contributed by atoms with Crippen molar-refractivity contribution in [2.75, 3.05) is 0 Å². The summed E-state index contributed by atoms with van der Waals surface area (Å²) in [5.74, 6) is -0.276. The molecule has 0 saturated carbocycles. The first-order valence-electron chi connectivity index (χ1n) is 22.9. The molecule has 0 spiro atoms. The number of nitrogens with zero attached hydrogens (tertiary/aromatic N) is 3. The maximum absolute atomic E-state index is 14.1. The van der Waals surface area contributed by atoms with Crippen LogP contribution in [-0.2, 0) is 20.1 Å². The van der Waals surface area contributed by atoms with E-state index in [1.807, 2.05) is 67.7 Å². The van der Waals surface area contributed by atoms with Crippen molar-refractivity contribution in [2.24, 2.45) is 0 Å². The van der Waals surface area contributed by atoms with E-state index in [0.29, 0.717) is 0 Å². The second-order valence-corrected chi connectivity index (χ2v) is 19.6. The van der Waals surface area contributed by atoms with Crippen LogP contribution in [0, 0.1) is 30.9 Å². The largest absolute Gasteiger partial charge is 3.00 e. The molecule has 0 atom stereocenters. The van der Waals surface area contributed by atoms with Gasteiger partial charge in [0.15, 0.2) is 0 Å². The summed E-state index contributed by atoms with van der Waals surface area (Å²) in [6.45, 7) is 2.03. The van der Waals surface area contributed by atoms with Gasteiger partial charge >= 0.3 is 20.1 Å². The molecule has 0 bridgehead atoms. The number of aryl methyl sites for hydroxylation is 1. The maximum atomic E-state index is 14.1. The standard InChI is InChI=1S/C64H38Br3FN3.Ir/c1-40-31-64(71-39-58(40)41-13-12-14-48(68)35-41)44-25-28-57(61(67)38-44)54-20-7-4-17-51(54)47-33-45(49-15-2-5-18-52(49)55-26-23-42(36-59(55)65)62-21-8-10-29-69-62)32-46(34-47)50-16-3-6-19-53(50)56-27-24-43(37-60(56)66)63-22-9-11-30-70-63;/h2-22,26-39H,1H3;/q-3;+3. The predicted octanol–water partition coefficient (Wildman–Crippen LogP) is 18.7. The molecular weight excluding hydrogens is 1260 g/mol. The van der Waals surface area contributed by atoms with Gasteiger partial charge in [-0.15, -0.1) is 71.3 Å². The van der Waals surface area contributed by atoms with Gasteiger partial charge in [-0.25, -0.2) is 4.39 Å². The van der Waals surface area contributed by atoms with E-state index in [1.54, 1.807) is 18.5 Å². The molecule has 0 aliphatic heterocycles. The van der Waals surface area contributed by atoms with E-state index in [0.717, 1.165) is 131 Å². The molecule has 0 radical (unpaired) electrons. The van der Waals surface area contributed by atoms with E-state index in [9.17, 15) is 4.39 Å². The predicted molar refractivity (Wildman–Crippen MR) is 298 cm³/mol. The molecule has 3 heterocycles. The zero-order valence-corrected chi connectivity index (χ0v) is 45.5. The maximum Gasteiger partial charge on any atom is 3.00 e. The quantitative estimate of drug-likeness (QED) is 0.128.